The van der Waals surface area contributed by atoms with Crippen molar-refractivity contribution in [3.63, 3.8) is 0 Å². The number of carbonyl (C=O) groups is 4. The van der Waals surface area contributed by atoms with Crippen LogP contribution in [0.2, 0.25) is 0 Å². The maximum Gasteiger partial charge on any atom is 0.303 e. The van der Waals surface area contributed by atoms with E-state index >= 15 is 0 Å². The molecule has 8 atom stereocenters. The highest BCUT2D eigenvalue weighted by Crippen LogP contribution is 2.72. The zero-order chi connectivity index (χ0) is 20.8. The SMILES string of the molecule is CC(=O)OCC(=O)[C@@]12O[C@H]1C[C@H]1[C@@H]3CC[C@H]4CC(=O)CC[C@]4(C)[C@H]3CC(=O)[C@@]12C. The highest BCUT2D eigenvalue weighted by atomic mass is 16.6. The van der Waals surface area contributed by atoms with Crippen molar-refractivity contribution in [1.82, 2.24) is 0 Å². The fourth-order valence-corrected chi connectivity index (χ4v) is 7.93. The molecule has 1 saturated heterocycles. The highest BCUT2D eigenvalue weighted by Gasteiger charge is 2.83. The van der Waals surface area contributed by atoms with Gasteiger partial charge >= 0.3 is 5.97 Å². The Morgan fingerprint density at radius 3 is 2.62 bits per heavy atom. The molecule has 1 heterocycles. The normalized spacial score (nSPS) is 50.1. The molecule has 4 aliphatic carbocycles. The van der Waals surface area contributed by atoms with Crippen LogP contribution >= 0.6 is 0 Å². The number of rotatable bonds is 3. The summed E-state index contributed by atoms with van der Waals surface area (Å²) in [6, 6.07) is 0. The van der Waals surface area contributed by atoms with Gasteiger partial charge in [-0.2, -0.15) is 0 Å². The molecule has 6 heteroatoms. The molecule has 0 aromatic rings. The van der Waals surface area contributed by atoms with Gasteiger partial charge in [0.1, 0.15) is 11.6 Å². The second kappa shape index (κ2) is 5.99. The van der Waals surface area contributed by atoms with Crippen LogP contribution in [0.15, 0.2) is 0 Å². The van der Waals surface area contributed by atoms with Gasteiger partial charge in [-0.3, -0.25) is 19.2 Å². The van der Waals surface area contributed by atoms with Gasteiger partial charge in [0.2, 0.25) is 5.78 Å². The van der Waals surface area contributed by atoms with E-state index in [-0.39, 0.29) is 41.5 Å². The van der Waals surface area contributed by atoms with Gasteiger partial charge in [-0.15, -0.1) is 0 Å². The second-order valence-electron chi connectivity index (χ2n) is 10.5. The van der Waals surface area contributed by atoms with Gasteiger partial charge in [0.15, 0.2) is 12.2 Å². The number of fused-ring (bicyclic) bond motifs is 7. The maximum absolute atomic E-state index is 13.6. The molecular weight excluding hydrogens is 372 g/mol. The predicted octanol–water partition coefficient (Wildman–Crippen LogP) is 2.66. The molecule has 0 N–H and O–H groups in total. The van der Waals surface area contributed by atoms with Gasteiger partial charge in [-0.05, 0) is 61.7 Å². The Kier molecular flexibility index (Phi) is 4.01. The Balaban J connectivity index is 1.45. The number of esters is 1. The van der Waals surface area contributed by atoms with Crippen molar-refractivity contribution in [3.8, 4) is 0 Å². The fraction of sp³-hybridized carbons (Fsp3) is 0.826. The third-order valence-corrected chi connectivity index (χ3v) is 9.59. The van der Waals surface area contributed by atoms with E-state index in [2.05, 4.69) is 6.92 Å². The molecule has 5 rings (SSSR count). The topological polar surface area (TPSA) is 90.0 Å². The van der Waals surface area contributed by atoms with Gasteiger partial charge in [-0.25, -0.2) is 0 Å². The summed E-state index contributed by atoms with van der Waals surface area (Å²) in [5.41, 5.74) is -1.89. The average molecular weight is 402 g/mol. The average Bonchev–Trinajstić information content (AvgIpc) is 3.34. The van der Waals surface area contributed by atoms with E-state index in [0.717, 1.165) is 25.7 Å². The molecule has 0 amide bonds. The molecule has 0 radical (unpaired) electrons. The Labute approximate surface area is 171 Å². The summed E-state index contributed by atoms with van der Waals surface area (Å²) in [5.74, 6) is 0.914. The van der Waals surface area contributed by atoms with Crippen molar-refractivity contribution in [2.45, 2.75) is 77.4 Å². The van der Waals surface area contributed by atoms with Crippen LogP contribution < -0.4 is 0 Å². The van der Waals surface area contributed by atoms with Crippen molar-refractivity contribution in [2.24, 2.45) is 34.5 Å². The third-order valence-electron chi connectivity index (χ3n) is 9.59. The van der Waals surface area contributed by atoms with Gasteiger partial charge in [-0.1, -0.05) is 6.92 Å². The smallest absolute Gasteiger partial charge is 0.303 e. The van der Waals surface area contributed by atoms with Crippen LogP contribution in [-0.2, 0) is 28.7 Å². The summed E-state index contributed by atoms with van der Waals surface area (Å²) in [4.78, 5) is 49.8. The lowest BCUT2D eigenvalue weighted by molar-refractivity contribution is -0.169. The molecule has 6 nitrogen and oxygen atoms in total. The van der Waals surface area contributed by atoms with E-state index in [1.807, 2.05) is 6.92 Å². The number of epoxide rings is 1. The van der Waals surface area contributed by atoms with E-state index in [1.165, 1.54) is 6.92 Å². The van der Waals surface area contributed by atoms with E-state index in [1.54, 1.807) is 0 Å². The summed E-state index contributed by atoms with van der Waals surface area (Å²) in [7, 11) is 0. The van der Waals surface area contributed by atoms with Crippen LogP contribution in [0, 0.1) is 34.5 Å². The van der Waals surface area contributed by atoms with Crippen LogP contribution in [-0.4, -0.2) is 41.6 Å². The van der Waals surface area contributed by atoms with Crippen molar-refractivity contribution in [3.05, 3.63) is 0 Å². The van der Waals surface area contributed by atoms with Crippen LogP contribution in [0.1, 0.15) is 65.7 Å². The molecule has 158 valence electrons. The maximum atomic E-state index is 13.6. The summed E-state index contributed by atoms with van der Waals surface area (Å²) in [6.45, 7) is 5.18. The van der Waals surface area contributed by atoms with Crippen LogP contribution in [0.25, 0.3) is 0 Å². The molecule has 0 bridgehead atoms. The zero-order valence-corrected chi connectivity index (χ0v) is 17.5. The number of ketones is 3. The molecule has 5 fully saturated rings. The Morgan fingerprint density at radius 1 is 1.14 bits per heavy atom. The van der Waals surface area contributed by atoms with Crippen molar-refractivity contribution < 1.29 is 28.7 Å². The van der Waals surface area contributed by atoms with Crippen LogP contribution in [0.3, 0.4) is 0 Å². The van der Waals surface area contributed by atoms with Gasteiger partial charge < -0.3 is 9.47 Å². The molecule has 5 aliphatic rings. The zero-order valence-electron chi connectivity index (χ0n) is 17.5. The van der Waals surface area contributed by atoms with Crippen LogP contribution in [0.4, 0.5) is 0 Å². The van der Waals surface area contributed by atoms with Crippen molar-refractivity contribution in [1.29, 1.82) is 0 Å². The lowest BCUT2D eigenvalue weighted by Gasteiger charge is -2.59. The van der Waals surface area contributed by atoms with Gasteiger partial charge in [0.05, 0.1) is 11.5 Å². The molecule has 0 spiro atoms. The first kappa shape index (κ1) is 19.4. The Morgan fingerprint density at radius 2 is 1.90 bits per heavy atom. The van der Waals surface area contributed by atoms with Gasteiger partial charge in [0, 0.05) is 26.2 Å². The minimum Gasteiger partial charge on any atom is -0.458 e. The number of Topliss-reactive ketones (excluding diaryl/α,β-unsaturated/α-hetero) is 3. The Hall–Kier alpha value is -1.56. The number of carbonyl (C=O) groups excluding carboxylic acids is 4. The van der Waals surface area contributed by atoms with Crippen molar-refractivity contribution in [2.75, 3.05) is 6.61 Å². The highest BCUT2D eigenvalue weighted by molar-refractivity contribution is 6.02. The van der Waals surface area contributed by atoms with Crippen molar-refractivity contribution >= 4 is 23.3 Å². The van der Waals surface area contributed by atoms with E-state index in [4.69, 9.17) is 9.47 Å². The number of ether oxygens (including phenoxy) is 2. The second-order valence-corrected chi connectivity index (χ2v) is 10.5. The quantitative estimate of drug-likeness (QED) is 0.533. The molecular formula is C23H30O6. The first-order valence-corrected chi connectivity index (χ1v) is 11.0. The molecule has 29 heavy (non-hydrogen) atoms. The van der Waals surface area contributed by atoms with Gasteiger partial charge in [0.25, 0.3) is 0 Å². The van der Waals surface area contributed by atoms with Crippen LogP contribution in [0.5, 0.6) is 0 Å². The molecule has 0 aromatic carbocycles. The minimum atomic E-state index is -1.10. The first-order chi connectivity index (χ1) is 13.6. The fourth-order valence-electron chi connectivity index (χ4n) is 7.93. The standard InChI is InChI=1S/C23H30O6/c1-12(24)28-11-19(27)23-20(29-23)10-17-15-5-4-13-8-14(25)6-7-21(13,2)16(15)9-18(26)22(17,23)3/h13,15-17,20H,4-11H2,1-3H3/t13-,15+,16-,17-,20-,21-,22+,23+/m0/s1. The third kappa shape index (κ3) is 2.32. The minimum absolute atomic E-state index is 0.0381. The molecule has 4 saturated carbocycles. The monoisotopic (exact) mass is 402 g/mol. The number of hydrogen-bond acceptors (Lipinski definition) is 6. The van der Waals surface area contributed by atoms with E-state index in [9.17, 15) is 19.2 Å². The Bertz CT molecular complexity index is 818. The molecule has 0 aromatic heterocycles. The van der Waals surface area contributed by atoms with E-state index < -0.39 is 17.0 Å². The summed E-state index contributed by atoms with van der Waals surface area (Å²) in [6.07, 6.45) is 5.19. The molecule has 1 aliphatic heterocycles. The first-order valence-electron chi connectivity index (χ1n) is 11.0. The largest absolute Gasteiger partial charge is 0.458 e. The summed E-state index contributed by atoms with van der Waals surface area (Å²) in [5, 5.41) is 0. The lowest BCUT2D eigenvalue weighted by atomic mass is 9.44. The lowest BCUT2D eigenvalue weighted by Crippen LogP contribution is -2.60. The number of hydrogen-bond donors (Lipinski definition) is 0. The summed E-state index contributed by atoms with van der Waals surface area (Å²) >= 11 is 0. The predicted molar refractivity (Wildman–Crippen MR) is 102 cm³/mol. The molecule has 0 unspecified atom stereocenters. The summed E-state index contributed by atoms with van der Waals surface area (Å²) < 4.78 is 10.9. The van der Waals surface area contributed by atoms with E-state index in [0.29, 0.717) is 36.9 Å².